The van der Waals surface area contributed by atoms with Gasteiger partial charge < -0.3 is 21.3 Å². The first-order chi connectivity index (χ1) is 10.2. The fourth-order valence-corrected chi connectivity index (χ4v) is 2.36. The standard InChI is InChI=1S/C15H22N4O2/c16-8-9-17-14(20)15(21)18-12-4-6-13(7-5-12)19-10-2-1-3-11-19/h4-7H,1-3,8-11,16H2,(H,17,20)(H,18,21). The van der Waals surface area contributed by atoms with Gasteiger partial charge in [-0.3, -0.25) is 9.59 Å². The molecule has 2 rings (SSSR count). The van der Waals surface area contributed by atoms with Crippen LogP contribution in [-0.2, 0) is 9.59 Å². The summed E-state index contributed by atoms with van der Waals surface area (Å²) in [6.07, 6.45) is 3.74. The second-order valence-electron chi connectivity index (χ2n) is 5.09. The van der Waals surface area contributed by atoms with E-state index in [9.17, 15) is 9.59 Å². The lowest BCUT2D eigenvalue weighted by Gasteiger charge is -2.28. The lowest BCUT2D eigenvalue weighted by molar-refractivity contribution is -0.136. The van der Waals surface area contributed by atoms with Crippen LogP contribution in [-0.4, -0.2) is 38.0 Å². The number of hydrogen-bond donors (Lipinski definition) is 3. The fourth-order valence-electron chi connectivity index (χ4n) is 2.36. The van der Waals surface area contributed by atoms with Gasteiger partial charge in [0.1, 0.15) is 0 Å². The molecule has 21 heavy (non-hydrogen) atoms. The van der Waals surface area contributed by atoms with Crippen LogP contribution < -0.4 is 21.3 Å². The van der Waals surface area contributed by atoms with Crippen molar-refractivity contribution in [1.82, 2.24) is 5.32 Å². The molecule has 1 aliphatic heterocycles. The number of hydrogen-bond acceptors (Lipinski definition) is 4. The summed E-state index contributed by atoms with van der Waals surface area (Å²) in [6, 6.07) is 7.58. The van der Waals surface area contributed by atoms with Crippen LogP contribution in [0.15, 0.2) is 24.3 Å². The van der Waals surface area contributed by atoms with Gasteiger partial charge in [0, 0.05) is 37.6 Å². The maximum Gasteiger partial charge on any atom is 0.313 e. The summed E-state index contributed by atoms with van der Waals surface area (Å²) in [5, 5.41) is 5.00. The summed E-state index contributed by atoms with van der Waals surface area (Å²) >= 11 is 0. The maximum absolute atomic E-state index is 11.6. The summed E-state index contributed by atoms with van der Waals surface area (Å²) < 4.78 is 0. The predicted octanol–water partition coefficient (Wildman–Crippen LogP) is 0.690. The van der Waals surface area contributed by atoms with E-state index in [4.69, 9.17) is 5.73 Å². The molecule has 0 atom stereocenters. The molecule has 1 aromatic rings. The Labute approximate surface area is 124 Å². The Kier molecular flexibility index (Phi) is 5.57. The number of anilines is 2. The minimum Gasteiger partial charge on any atom is -0.372 e. The van der Waals surface area contributed by atoms with Gasteiger partial charge in [0.15, 0.2) is 0 Å². The molecule has 1 heterocycles. The molecule has 114 valence electrons. The highest BCUT2D eigenvalue weighted by Crippen LogP contribution is 2.21. The number of nitrogens with two attached hydrogens (primary N) is 1. The highest BCUT2D eigenvalue weighted by atomic mass is 16.2. The number of amides is 2. The Bertz CT molecular complexity index is 481. The van der Waals surface area contributed by atoms with Crippen molar-refractivity contribution in [3.63, 3.8) is 0 Å². The first-order valence-corrected chi connectivity index (χ1v) is 7.35. The molecule has 1 saturated heterocycles. The van der Waals surface area contributed by atoms with Crippen LogP contribution in [0.25, 0.3) is 0 Å². The summed E-state index contributed by atoms with van der Waals surface area (Å²) in [5.74, 6) is -1.34. The molecule has 0 bridgehead atoms. The average molecular weight is 290 g/mol. The molecule has 6 heteroatoms. The third-order valence-corrected chi connectivity index (χ3v) is 3.48. The van der Waals surface area contributed by atoms with Crippen molar-refractivity contribution in [3.05, 3.63) is 24.3 Å². The number of piperidine rings is 1. The summed E-state index contributed by atoms with van der Waals surface area (Å²) in [7, 11) is 0. The quantitative estimate of drug-likeness (QED) is 0.712. The third-order valence-electron chi connectivity index (χ3n) is 3.48. The van der Waals surface area contributed by atoms with Gasteiger partial charge in [-0.1, -0.05) is 0 Å². The fraction of sp³-hybridized carbons (Fsp3) is 0.467. The van der Waals surface area contributed by atoms with Gasteiger partial charge >= 0.3 is 11.8 Å². The Hall–Kier alpha value is -2.08. The molecule has 0 aliphatic carbocycles. The summed E-state index contributed by atoms with van der Waals surface area (Å²) in [5.41, 5.74) is 7.03. The number of carbonyl (C=O) groups excluding carboxylic acids is 2. The molecular weight excluding hydrogens is 268 g/mol. The summed E-state index contributed by atoms with van der Waals surface area (Å²) in [4.78, 5) is 25.4. The highest BCUT2D eigenvalue weighted by Gasteiger charge is 2.14. The van der Waals surface area contributed by atoms with E-state index in [0.29, 0.717) is 18.8 Å². The number of rotatable bonds is 4. The van der Waals surface area contributed by atoms with Gasteiger partial charge in [0.2, 0.25) is 0 Å². The Morgan fingerprint density at radius 3 is 2.33 bits per heavy atom. The second-order valence-corrected chi connectivity index (χ2v) is 5.09. The molecule has 4 N–H and O–H groups in total. The van der Waals surface area contributed by atoms with Gasteiger partial charge in [-0.05, 0) is 43.5 Å². The van der Waals surface area contributed by atoms with E-state index >= 15 is 0 Å². The average Bonchev–Trinajstić information content (AvgIpc) is 2.54. The maximum atomic E-state index is 11.6. The van der Waals surface area contributed by atoms with Crippen LogP contribution in [0.2, 0.25) is 0 Å². The van der Waals surface area contributed by atoms with E-state index in [-0.39, 0.29) is 0 Å². The molecule has 0 unspecified atom stereocenters. The van der Waals surface area contributed by atoms with Crippen molar-refractivity contribution in [2.45, 2.75) is 19.3 Å². The van der Waals surface area contributed by atoms with Crippen molar-refractivity contribution in [2.75, 3.05) is 36.4 Å². The minimum atomic E-state index is -0.672. The van der Waals surface area contributed by atoms with Crippen LogP contribution in [0.1, 0.15) is 19.3 Å². The van der Waals surface area contributed by atoms with Gasteiger partial charge in [0.25, 0.3) is 0 Å². The molecule has 1 aliphatic rings. The molecule has 0 spiro atoms. The lowest BCUT2D eigenvalue weighted by atomic mass is 10.1. The Morgan fingerprint density at radius 1 is 1.05 bits per heavy atom. The van der Waals surface area contributed by atoms with E-state index in [1.54, 1.807) is 0 Å². The van der Waals surface area contributed by atoms with Crippen molar-refractivity contribution in [1.29, 1.82) is 0 Å². The second kappa shape index (κ2) is 7.64. The monoisotopic (exact) mass is 290 g/mol. The van der Waals surface area contributed by atoms with Gasteiger partial charge in [-0.15, -0.1) is 0 Å². The predicted molar refractivity (Wildman–Crippen MR) is 83.2 cm³/mol. The molecule has 2 amide bonds. The molecule has 0 aromatic heterocycles. The van der Waals surface area contributed by atoms with Crippen LogP contribution in [0.4, 0.5) is 11.4 Å². The zero-order valence-electron chi connectivity index (χ0n) is 12.1. The lowest BCUT2D eigenvalue weighted by Crippen LogP contribution is -2.37. The van der Waals surface area contributed by atoms with Gasteiger partial charge in [-0.25, -0.2) is 0 Å². The van der Waals surface area contributed by atoms with Gasteiger partial charge in [0.05, 0.1) is 0 Å². The summed E-state index contributed by atoms with van der Waals surface area (Å²) in [6.45, 7) is 2.75. The topological polar surface area (TPSA) is 87.5 Å². The molecule has 1 aromatic carbocycles. The number of nitrogens with one attached hydrogen (secondary N) is 2. The van der Waals surface area contributed by atoms with Crippen molar-refractivity contribution >= 4 is 23.2 Å². The van der Waals surface area contributed by atoms with E-state index in [1.165, 1.54) is 19.3 Å². The van der Waals surface area contributed by atoms with Crippen molar-refractivity contribution in [3.8, 4) is 0 Å². The zero-order chi connectivity index (χ0) is 15.1. The van der Waals surface area contributed by atoms with Crippen LogP contribution in [0.3, 0.4) is 0 Å². The van der Waals surface area contributed by atoms with Gasteiger partial charge in [-0.2, -0.15) is 0 Å². The zero-order valence-corrected chi connectivity index (χ0v) is 12.1. The Balaban J connectivity index is 1.89. The molecular formula is C15H22N4O2. The van der Waals surface area contributed by atoms with Crippen LogP contribution >= 0.6 is 0 Å². The van der Waals surface area contributed by atoms with Crippen molar-refractivity contribution < 1.29 is 9.59 Å². The SMILES string of the molecule is NCCNC(=O)C(=O)Nc1ccc(N2CCCCC2)cc1. The molecule has 1 fully saturated rings. The third kappa shape index (κ3) is 4.46. The number of carbonyl (C=O) groups is 2. The molecule has 0 radical (unpaired) electrons. The largest absolute Gasteiger partial charge is 0.372 e. The smallest absolute Gasteiger partial charge is 0.313 e. The highest BCUT2D eigenvalue weighted by molar-refractivity contribution is 6.39. The normalized spacial score (nSPS) is 14.6. The van der Waals surface area contributed by atoms with E-state index in [1.807, 2.05) is 24.3 Å². The van der Waals surface area contributed by atoms with E-state index in [0.717, 1.165) is 18.8 Å². The molecule has 6 nitrogen and oxygen atoms in total. The van der Waals surface area contributed by atoms with Crippen molar-refractivity contribution in [2.24, 2.45) is 5.73 Å². The first-order valence-electron chi connectivity index (χ1n) is 7.35. The molecule has 0 saturated carbocycles. The van der Waals surface area contributed by atoms with E-state index in [2.05, 4.69) is 15.5 Å². The first kappa shape index (κ1) is 15.3. The van der Waals surface area contributed by atoms with Crippen LogP contribution in [0.5, 0.6) is 0 Å². The number of benzene rings is 1. The Morgan fingerprint density at radius 2 is 1.71 bits per heavy atom. The van der Waals surface area contributed by atoms with E-state index < -0.39 is 11.8 Å². The number of nitrogens with zero attached hydrogens (tertiary/aromatic N) is 1. The minimum absolute atomic E-state index is 0.292. The van der Waals surface area contributed by atoms with Crippen LogP contribution in [0, 0.1) is 0 Å².